The van der Waals surface area contributed by atoms with Gasteiger partial charge in [-0.1, -0.05) is 37.1 Å². The van der Waals surface area contributed by atoms with Crippen LogP contribution in [0.2, 0.25) is 0 Å². The van der Waals surface area contributed by atoms with E-state index in [-0.39, 0.29) is 5.88 Å². The molecule has 1 amide bonds. The molecule has 6 nitrogen and oxygen atoms in total. The number of aromatic nitrogens is 2. The first-order chi connectivity index (χ1) is 15.0. The van der Waals surface area contributed by atoms with Crippen molar-refractivity contribution in [2.75, 3.05) is 13.0 Å². The van der Waals surface area contributed by atoms with Crippen LogP contribution in [0.25, 0.3) is 16.9 Å². The van der Waals surface area contributed by atoms with Gasteiger partial charge in [0.1, 0.15) is 23.4 Å². The maximum atomic E-state index is 11.5. The van der Waals surface area contributed by atoms with E-state index in [0.29, 0.717) is 10.8 Å². The molecule has 1 unspecified atom stereocenters. The fraction of sp³-hybridized carbons (Fsp3) is 0.250. The van der Waals surface area contributed by atoms with Crippen molar-refractivity contribution in [3.8, 4) is 34.5 Å². The Hall–Kier alpha value is -3.27. The van der Waals surface area contributed by atoms with Gasteiger partial charge in [0, 0.05) is 11.6 Å². The second kappa shape index (κ2) is 10.2. The van der Waals surface area contributed by atoms with E-state index in [1.807, 2.05) is 35.0 Å². The molecule has 0 aliphatic carbocycles. The van der Waals surface area contributed by atoms with Crippen LogP contribution in [0.1, 0.15) is 25.1 Å². The first-order valence-electron chi connectivity index (χ1n) is 9.89. The lowest BCUT2D eigenvalue weighted by molar-refractivity contribution is -0.166. The Kier molecular flexibility index (Phi) is 7.35. The van der Waals surface area contributed by atoms with Gasteiger partial charge in [0.2, 0.25) is 0 Å². The van der Waals surface area contributed by atoms with Crippen molar-refractivity contribution in [2.45, 2.75) is 26.3 Å². The van der Waals surface area contributed by atoms with Gasteiger partial charge in [-0.2, -0.15) is 5.10 Å². The summed E-state index contributed by atoms with van der Waals surface area (Å²) >= 11 is 5.49. The minimum absolute atomic E-state index is 0.313. The molecule has 7 heteroatoms. The standard InChI is InChI=1S/C24H24ClN3O3/c1-4-18-6-8-19(9-7-18)23-15-20(10-5-17(2)28(30)24(29)16-25)26-27(23)21-11-13-22(31-3)14-12-21/h6-9,11-15,17,30H,4,16H2,1-3H3. The van der Waals surface area contributed by atoms with Crippen LogP contribution in [0.15, 0.2) is 54.6 Å². The van der Waals surface area contributed by atoms with Gasteiger partial charge in [0.25, 0.3) is 5.91 Å². The Balaban J connectivity index is 2.01. The summed E-state index contributed by atoms with van der Waals surface area (Å²) in [4.78, 5) is 11.5. The number of hydrogen-bond donors (Lipinski definition) is 1. The molecule has 0 spiro atoms. The molecule has 0 saturated carbocycles. The van der Waals surface area contributed by atoms with Crippen molar-refractivity contribution in [1.29, 1.82) is 0 Å². The van der Waals surface area contributed by atoms with Gasteiger partial charge >= 0.3 is 0 Å². The van der Waals surface area contributed by atoms with E-state index in [1.165, 1.54) is 5.56 Å². The minimum atomic E-state index is -0.718. The number of alkyl halides is 1. The summed E-state index contributed by atoms with van der Waals surface area (Å²) in [7, 11) is 1.62. The fourth-order valence-electron chi connectivity index (χ4n) is 3.00. The first kappa shape index (κ1) is 22.4. The quantitative estimate of drug-likeness (QED) is 0.270. The van der Waals surface area contributed by atoms with Gasteiger partial charge in [0.15, 0.2) is 0 Å². The smallest absolute Gasteiger partial charge is 0.262 e. The molecule has 0 radical (unpaired) electrons. The second-order valence-corrected chi connectivity index (χ2v) is 7.16. The normalized spacial score (nSPS) is 11.4. The molecule has 1 aromatic heterocycles. The molecule has 31 heavy (non-hydrogen) atoms. The van der Waals surface area contributed by atoms with E-state index in [1.54, 1.807) is 14.0 Å². The number of methoxy groups -OCH3 is 1. The van der Waals surface area contributed by atoms with Gasteiger partial charge in [-0.05, 0) is 49.1 Å². The van der Waals surface area contributed by atoms with Crippen LogP contribution >= 0.6 is 11.6 Å². The van der Waals surface area contributed by atoms with Crippen LogP contribution in [0, 0.1) is 11.8 Å². The molecular weight excluding hydrogens is 414 g/mol. The van der Waals surface area contributed by atoms with E-state index >= 15 is 0 Å². The molecule has 3 aromatic rings. The van der Waals surface area contributed by atoms with Crippen molar-refractivity contribution >= 4 is 17.5 Å². The third kappa shape index (κ3) is 5.26. The molecule has 0 aliphatic heterocycles. The maximum absolute atomic E-state index is 11.5. The molecule has 0 bridgehead atoms. The van der Waals surface area contributed by atoms with Gasteiger partial charge in [-0.3, -0.25) is 10.0 Å². The number of benzene rings is 2. The lowest BCUT2D eigenvalue weighted by Gasteiger charge is -2.16. The zero-order chi connectivity index (χ0) is 22.4. The summed E-state index contributed by atoms with van der Waals surface area (Å²) in [6, 6.07) is 17.1. The van der Waals surface area contributed by atoms with Crippen molar-refractivity contribution in [3.63, 3.8) is 0 Å². The molecule has 160 valence electrons. The predicted molar refractivity (Wildman–Crippen MR) is 121 cm³/mol. The van der Waals surface area contributed by atoms with Crippen LogP contribution in [0.4, 0.5) is 0 Å². The summed E-state index contributed by atoms with van der Waals surface area (Å²) in [6.07, 6.45) is 0.964. The highest BCUT2D eigenvalue weighted by Gasteiger charge is 2.15. The number of rotatable bonds is 6. The van der Waals surface area contributed by atoms with E-state index < -0.39 is 11.9 Å². The Bertz CT molecular complexity index is 1030. The van der Waals surface area contributed by atoms with Crippen molar-refractivity contribution in [3.05, 3.63) is 65.9 Å². The third-order valence-corrected chi connectivity index (χ3v) is 5.06. The highest BCUT2D eigenvalue weighted by molar-refractivity contribution is 6.27. The maximum Gasteiger partial charge on any atom is 0.262 e. The molecule has 3 rings (SSSR count). The van der Waals surface area contributed by atoms with E-state index in [0.717, 1.165) is 29.1 Å². The van der Waals surface area contributed by atoms with E-state index in [9.17, 15) is 10.0 Å². The van der Waals surface area contributed by atoms with Crippen molar-refractivity contribution < 1.29 is 14.7 Å². The summed E-state index contributed by atoms with van der Waals surface area (Å²) in [5.74, 6) is 5.63. The average molecular weight is 438 g/mol. The number of ether oxygens (including phenoxy) is 1. The topological polar surface area (TPSA) is 67.6 Å². The van der Waals surface area contributed by atoms with Crippen LogP contribution in [-0.2, 0) is 11.2 Å². The summed E-state index contributed by atoms with van der Waals surface area (Å²) in [5, 5.41) is 15.0. The Morgan fingerprint density at radius 2 is 1.90 bits per heavy atom. The number of carbonyl (C=O) groups is 1. The van der Waals surface area contributed by atoms with Crippen LogP contribution in [0.5, 0.6) is 5.75 Å². The van der Waals surface area contributed by atoms with Crippen molar-refractivity contribution in [2.24, 2.45) is 0 Å². The number of amides is 1. The molecule has 1 heterocycles. The number of halogens is 1. The fourth-order valence-corrected chi connectivity index (χ4v) is 3.12. The molecule has 1 N–H and O–H groups in total. The number of hydrogen-bond acceptors (Lipinski definition) is 4. The minimum Gasteiger partial charge on any atom is -0.497 e. The Labute approximate surface area is 187 Å². The van der Waals surface area contributed by atoms with Crippen LogP contribution in [-0.4, -0.2) is 45.0 Å². The van der Waals surface area contributed by atoms with E-state index in [4.69, 9.17) is 16.3 Å². The number of hydroxylamine groups is 2. The van der Waals surface area contributed by atoms with Crippen LogP contribution in [0.3, 0.4) is 0 Å². The molecule has 2 aromatic carbocycles. The summed E-state index contributed by atoms with van der Waals surface area (Å²) < 4.78 is 7.06. The van der Waals surface area contributed by atoms with Crippen molar-refractivity contribution in [1.82, 2.24) is 14.8 Å². The van der Waals surface area contributed by atoms with Gasteiger partial charge in [-0.25, -0.2) is 9.75 Å². The largest absolute Gasteiger partial charge is 0.497 e. The average Bonchev–Trinajstić information content (AvgIpc) is 3.25. The summed E-state index contributed by atoms with van der Waals surface area (Å²) in [5.41, 5.74) is 4.51. The lowest BCUT2D eigenvalue weighted by atomic mass is 10.1. The molecule has 0 saturated heterocycles. The van der Waals surface area contributed by atoms with Gasteiger partial charge in [-0.15, -0.1) is 11.6 Å². The zero-order valence-electron chi connectivity index (χ0n) is 17.7. The second-order valence-electron chi connectivity index (χ2n) is 6.89. The van der Waals surface area contributed by atoms with Gasteiger partial charge < -0.3 is 4.74 Å². The monoisotopic (exact) mass is 437 g/mol. The predicted octanol–water partition coefficient (Wildman–Crippen LogP) is 4.31. The molecule has 0 fully saturated rings. The Morgan fingerprint density at radius 1 is 1.23 bits per heavy atom. The zero-order valence-corrected chi connectivity index (χ0v) is 18.4. The first-order valence-corrected chi connectivity index (χ1v) is 10.4. The molecule has 0 aliphatic rings. The lowest BCUT2D eigenvalue weighted by Crippen LogP contribution is -2.35. The Morgan fingerprint density at radius 3 is 2.48 bits per heavy atom. The number of carbonyl (C=O) groups excluding carboxylic acids is 1. The number of nitrogens with zero attached hydrogens (tertiary/aromatic N) is 3. The van der Waals surface area contributed by atoms with E-state index in [2.05, 4.69) is 48.1 Å². The summed E-state index contributed by atoms with van der Waals surface area (Å²) in [6.45, 7) is 3.73. The van der Waals surface area contributed by atoms with Crippen LogP contribution < -0.4 is 4.74 Å². The highest BCUT2D eigenvalue weighted by Crippen LogP contribution is 2.25. The molecule has 1 atom stereocenters. The number of aryl methyl sites for hydroxylation is 1. The van der Waals surface area contributed by atoms with Gasteiger partial charge in [0.05, 0.1) is 18.5 Å². The SMILES string of the molecule is CCc1ccc(-c2cc(C#CC(C)N(O)C(=O)CCl)nn2-c2ccc(OC)cc2)cc1. The highest BCUT2D eigenvalue weighted by atomic mass is 35.5. The molecular formula is C24H24ClN3O3. The third-order valence-electron chi connectivity index (χ3n) is 4.83.